The molecular formula is C13H10N2OS2. The smallest absolute Gasteiger partial charge is 0.171 e. The summed E-state index contributed by atoms with van der Waals surface area (Å²) in [7, 11) is 0. The molecule has 0 amide bonds. The zero-order valence-corrected chi connectivity index (χ0v) is 11.3. The highest BCUT2D eigenvalue weighted by Gasteiger charge is 2.10. The van der Waals surface area contributed by atoms with Crippen molar-refractivity contribution < 1.29 is 4.42 Å². The zero-order chi connectivity index (χ0) is 12.4. The van der Waals surface area contributed by atoms with Crippen LogP contribution in [0.25, 0.3) is 22.2 Å². The van der Waals surface area contributed by atoms with Gasteiger partial charge < -0.3 is 4.42 Å². The number of thiophene rings is 1. The van der Waals surface area contributed by atoms with Crippen molar-refractivity contribution in [1.82, 2.24) is 9.97 Å². The lowest BCUT2D eigenvalue weighted by atomic mass is 10.3. The first-order chi connectivity index (χ1) is 8.86. The van der Waals surface area contributed by atoms with E-state index in [-0.39, 0.29) is 0 Å². The molecule has 0 fully saturated rings. The fourth-order valence-electron chi connectivity index (χ4n) is 1.60. The lowest BCUT2D eigenvalue weighted by Crippen LogP contribution is -1.92. The first-order valence-corrected chi connectivity index (χ1v) is 7.48. The molecule has 0 radical (unpaired) electrons. The topological polar surface area (TPSA) is 38.9 Å². The fourth-order valence-corrected chi connectivity index (χ4v) is 2.66. The minimum Gasteiger partial charge on any atom is -0.463 e. The number of rotatable bonds is 3. The quantitative estimate of drug-likeness (QED) is 0.530. The van der Waals surface area contributed by atoms with Crippen molar-refractivity contribution in [2.24, 2.45) is 0 Å². The van der Waals surface area contributed by atoms with Crippen LogP contribution in [0.5, 0.6) is 0 Å². The number of hydrogen-bond donors (Lipinski definition) is 0. The van der Waals surface area contributed by atoms with E-state index in [9.17, 15) is 0 Å². The molecule has 0 aromatic carbocycles. The van der Waals surface area contributed by atoms with Crippen LogP contribution in [0.4, 0.5) is 0 Å². The van der Waals surface area contributed by atoms with Gasteiger partial charge in [-0.15, -0.1) is 23.1 Å². The van der Waals surface area contributed by atoms with Crippen molar-refractivity contribution in [2.45, 2.75) is 5.03 Å². The van der Waals surface area contributed by atoms with Gasteiger partial charge in [0.2, 0.25) is 0 Å². The van der Waals surface area contributed by atoms with Gasteiger partial charge in [0.1, 0.15) is 10.7 Å². The predicted octanol–water partition coefficient (Wildman–Crippen LogP) is 4.19. The van der Waals surface area contributed by atoms with Gasteiger partial charge in [-0.3, -0.25) is 0 Å². The SMILES string of the molecule is CSc1cc(-c2ccco2)nc(-c2cccs2)n1. The van der Waals surface area contributed by atoms with Crippen molar-refractivity contribution in [2.75, 3.05) is 6.26 Å². The molecule has 0 unspecified atom stereocenters. The second-order valence-electron chi connectivity index (χ2n) is 3.57. The normalized spacial score (nSPS) is 10.7. The molecular weight excluding hydrogens is 264 g/mol. The molecule has 0 atom stereocenters. The highest BCUT2D eigenvalue weighted by molar-refractivity contribution is 7.98. The number of nitrogens with zero attached hydrogens (tertiary/aromatic N) is 2. The van der Waals surface area contributed by atoms with Crippen LogP contribution in [0.2, 0.25) is 0 Å². The number of thioether (sulfide) groups is 1. The molecule has 3 heterocycles. The highest BCUT2D eigenvalue weighted by Crippen LogP contribution is 2.28. The number of hydrogen-bond acceptors (Lipinski definition) is 5. The first-order valence-electron chi connectivity index (χ1n) is 5.37. The van der Waals surface area contributed by atoms with E-state index in [0.29, 0.717) is 0 Å². The van der Waals surface area contributed by atoms with E-state index in [2.05, 4.69) is 9.97 Å². The van der Waals surface area contributed by atoms with Crippen LogP contribution >= 0.6 is 23.1 Å². The molecule has 0 bridgehead atoms. The summed E-state index contributed by atoms with van der Waals surface area (Å²) in [5.41, 5.74) is 0.822. The number of aromatic nitrogens is 2. The summed E-state index contributed by atoms with van der Waals surface area (Å²) in [4.78, 5) is 10.2. The highest BCUT2D eigenvalue weighted by atomic mass is 32.2. The summed E-state index contributed by atoms with van der Waals surface area (Å²) in [6.45, 7) is 0. The molecule has 0 aliphatic carbocycles. The zero-order valence-electron chi connectivity index (χ0n) is 9.66. The second-order valence-corrected chi connectivity index (χ2v) is 5.35. The Hall–Kier alpha value is -1.59. The maximum Gasteiger partial charge on any atom is 0.171 e. The minimum atomic E-state index is 0.753. The molecule has 0 aliphatic heterocycles. The maximum atomic E-state index is 5.40. The number of furan rings is 1. The first kappa shape index (κ1) is 11.5. The Balaban J connectivity index is 2.13. The largest absolute Gasteiger partial charge is 0.463 e. The average Bonchev–Trinajstić information content (AvgIpc) is 3.10. The lowest BCUT2D eigenvalue weighted by Gasteiger charge is -2.03. The fraction of sp³-hybridized carbons (Fsp3) is 0.0769. The van der Waals surface area contributed by atoms with Gasteiger partial charge in [0.25, 0.3) is 0 Å². The van der Waals surface area contributed by atoms with E-state index >= 15 is 0 Å². The van der Waals surface area contributed by atoms with Gasteiger partial charge >= 0.3 is 0 Å². The Morgan fingerprint density at radius 1 is 1.22 bits per heavy atom. The Morgan fingerprint density at radius 2 is 2.17 bits per heavy atom. The van der Waals surface area contributed by atoms with Crippen LogP contribution < -0.4 is 0 Å². The van der Waals surface area contributed by atoms with E-state index in [0.717, 1.165) is 27.2 Å². The maximum absolute atomic E-state index is 5.40. The predicted molar refractivity (Wildman–Crippen MR) is 74.8 cm³/mol. The molecule has 3 aromatic heterocycles. The molecule has 0 spiro atoms. The Labute approximate surface area is 113 Å². The van der Waals surface area contributed by atoms with Crippen molar-refractivity contribution in [1.29, 1.82) is 0 Å². The molecule has 90 valence electrons. The summed E-state index contributed by atoms with van der Waals surface area (Å²) in [6, 6.07) is 9.74. The monoisotopic (exact) mass is 274 g/mol. The van der Waals surface area contributed by atoms with Crippen molar-refractivity contribution in [3.8, 4) is 22.2 Å². The Morgan fingerprint density at radius 3 is 2.83 bits per heavy atom. The van der Waals surface area contributed by atoms with Gasteiger partial charge in [-0.05, 0) is 35.9 Å². The molecule has 0 saturated heterocycles. The summed E-state index contributed by atoms with van der Waals surface area (Å²) in [5.74, 6) is 1.52. The Bertz CT molecular complexity index is 581. The van der Waals surface area contributed by atoms with E-state index in [1.54, 1.807) is 29.4 Å². The van der Waals surface area contributed by atoms with Gasteiger partial charge in [-0.25, -0.2) is 9.97 Å². The summed E-state index contributed by atoms with van der Waals surface area (Å²) in [6.07, 6.45) is 3.66. The molecule has 5 heteroatoms. The lowest BCUT2D eigenvalue weighted by molar-refractivity contribution is 0.579. The molecule has 0 saturated carbocycles. The Kier molecular flexibility index (Phi) is 3.17. The van der Waals surface area contributed by atoms with E-state index in [1.165, 1.54) is 0 Å². The van der Waals surface area contributed by atoms with Gasteiger partial charge in [0.15, 0.2) is 11.6 Å². The van der Waals surface area contributed by atoms with Crippen LogP contribution in [0.1, 0.15) is 0 Å². The third-order valence-corrected chi connectivity index (χ3v) is 3.92. The van der Waals surface area contributed by atoms with Crippen molar-refractivity contribution >= 4 is 23.1 Å². The standard InChI is InChI=1S/C13H10N2OS2/c1-17-12-8-9(10-4-2-6-16-10)14-13(15-12)11-5-3-7-18-11/h2-8H,1H3. The second kappa shape index (κ2) is 4.96. The third kappa shape index (κ3) is 2.19. The van der Waals surface area contributed by atoms with Gasteiger partial charge in [0.05, 0.1) is 11.1 Å². The van der Waals surface area contributed by atoms with E-state index in [4.69, 9.17) is 4.42 Å². The van der Waals surface area contributed by atoms with Gasteiger partial charge in [-0.2, -0.15) is 0 Å². The molecule has 3 nitrogen and oxygen atoms in total. The molecule has 0 N–H and O–H groups in total. The third-order valence-electron chi connectivity index (χ3n) is 2.43. The summed E-state index contributed by atoms with van der Waals surface area (Å²) < 4.78 is 5.40. The van der Waals surface area contributed by atoms with Crippen molar-refractivity contribution in [3.05, 3.63) is 42.0 Å². The molecule has 3 rings (SSSR count). The van der Waals surface area contributed by atoms with Crippen LogP contribution in [-0.2, 0) is 0 Å². The van der Waals surface area contributed by atoms with Crippen molar-refractivity contribution in [3.63, 3.8) is 0 Å². The minimum absolute atomic E-state index is 0.753. The molecule has 0 aliphatic rings. The van der Waals surface area contributed by atoms with Crippen LogP contribution in [0, 0.1) is 0 Å². The van der Waals surface area contributed by atoms with Crippen LogP contribution in [0.15, 0.2) is 51.4 Å². The molecule has 3 aromatic rings. The van der Waals surface area contributed by atoms with E-state index < -0.39 is 0 Å². The van der Waals surface area contributed by atoms with Crippen LogP contribution in [-0.4, -0.2) is 16.2 Å². The summed E-state index contributed by atoms with van der Waals surface area (Å²) in [5, 5.41) is 2.97. The summed E-state index contributed by atoms with van der Waals surface area (Å²) >= 11 is 3.24. The van der Waals surface area contributed by atoms with Crippen LogP contribution in [0.3, 0.4) is 0 Å². The average molecular weight is 274 g/mol. The van der Waals surface area contributed by atoms with E-state index in [1.807, 2.05) is 42.0 Å². The van der Waals surface area contributed by atoms with Gasteiger partial charge in [-0.1, -0.05) is 6.07 Å². The van der Waals surface area contributed by atoms with Gasteiger partial charge in [0, 0.05) is 0 Å². The molecule has 18 heavy (non-hydrogen) atoms.